The number of hydrogen-bond acceptors (Lipinski definition) is 4. The zero-order chi connectivity index (χ0) is 24.4. The van der Waals surface area contributed by atoms with E-state index in [0.717, 1.165) is 16.7 Å². The molecule has 7 nitrogen and oxygen atoms in total. The second kappa shape index (κ2) is 9.62. The highest BCUT2D eigenvalue weighted by atomic mass is 16.5. The van der Waals surface area contributed by atoms with E-state index in [9.17, 15) is 19.5 Å². The van der Waals surface area contributed by atoms with Crippen LogP contribution in [0.2, 0.25) is 0 Å². The van der Waals surface area contributed by atoms with E-state index < -0.39 is 18.1 Å². The molecule has 2 aliphatic rings. The molecule has 0 radical (unpaired) electrons. The number of ether oxygens (including phenoxy) is 1. The fraction of sp³-hybridized carbons (Fsp3) is 0.250. The first-order valence-electron chi connectivity index (χ1n) is 11.7. The normalized spacial score (nSPS) is 16.5. The van der Waals surface area contributed by atoms with Gasteiger partial charge in [0.25, 0.3) is 5.91 Å². The Morgan fingerprint density at radius 3 is 2.17 bits per heavy atom. The van der Waals surface area contributed by atoms with Crippen molar-refractivity contribution in [3.05, 3.63) is 95.1 Å². The summed E-state index contributed by atoms with van der Waals surface area (Å²) in [5.41, 5.74) is 5.91. The highest BCUT2D eigenvalue weighted by molar-refractivity contribution is 5.97. The van der Waals surface area contributed by atoms with Crippen molar-refractivity contribution in [3.8, 4) is 11.1 Å². The maximum absolute atomic E-state index is 12.7. The zero-order valence-electron chi connectivity index (χ0n) is 19.1. The van der Waals surface area contributed by atoms with Gasteiger partial charge < -0.3 is 20.1 Å². The number of carbonyl (C=O) groups excluding carboxylic acids is 2. The van der Waals surface area contributed by atoms with E-state index in [0.29, 0.717) is 24.9 Å². The van der Waals surface area contributed by atoms with Gasteiger partial charge in [-0.25, -0.2) is 9.59 Å². The van der Waals surface area contributed by atoms with Gasteiger partial charge in [-0.2, -0.15) is 0 Å². The number of nitrogens with one attached hydrogen (secondary N) is 1. The third kappa shape index (κ3) is 4.49. The SMILES string of the molecule is O=C(NCc1ccc(C(=O)N2CCCC2C(=O)O)cc1)OCC1c2ccccc2-c2ccccc21. The number of fused-ring (bicyclic) bond motifs is 3. The monoisotopic (exact) mass is 470 g/mol. The molecule has 1 saturated heterocycles. The van der Waals surface area contributed by atoms with E-state index in [1.807, 2.05) is 24.3 Å². The van der Waals surface area contributed by atoms with Crippen LogP contribution in [0.5, 0.6) is 0 Å². The van der Waals surface area contributed by atoms with Crippen molar-refractivity contribution < 1.29 is 24.2 Å². The smallest absolute Gasteiger partial charge is 0.407 e. The number of carbonyl (C=O) groups is 3. The molecule has 1 unspecified atom stereocenters. The van der Waals surface area contributed by atoms with Crippen LogP contribution in [-0.2, 0) is 16.1 Å². The number of carboxylic acids is 1. The third-order valence-electron chi connectivity index (χ3n) is 6.78. The predicted molar refractivity (Wildman–Crippen MR) is 130 cm³/mol. The molecule has 0 bridgehead atoms. The van der Waals surface area contributed by atoms with Crippen LogP contribution in [0.3, 0.4) is 0 Å². The number of alkyl carbamates (subject to hydrolysis) is 1. The fourth-order valence-corrected chi connectivity index (χ4v) is 5.02. The molecule has 1 aliphatic heterocycles. The van der Waals surface area contributed by atoms with E-state index in [4.69, 9.17) is 4.74 Å². The van der Waals surface area contributed by atoms with E-state index in [2.05, 4.69) is 29.6 Å². The van der Waals surface area contributed by atoms with E-state index in [1.54, 1.807) is 24.3 Å². The Hall–Kier alpha value is -4.13. The summed E-state index contributed by atoms with van der Waals surface area (Å²) in [7, 11) is 0. The number of amides is 2. The minimum atomic E-state index is -0.972. The van der Waals surface area contributed by atoms with Crippen LogP contribution in [0, 0.1) is 0 Å². The summed E-state index contributed by atoms with van der Waals surface area (Å²) >= 11 is 0. The van der Waals surface area contributed by atoms with Gasteiger partial charge in [0.05, 0.1) is 0 Å². The first kappa shape index (κ1) is 22.7. The Morgan fingerprint density at radius 2 is 1.54 bits per heavy atom. The van der Waals surface area contributed by atoms with Crippen LogP contribution >= 0.6 is 0 Å². The Labute approximate surface area is 203 Å². The van der Waals surface area contributed by atoms with Crippen molar-refractivity contribution in [3.63, 3.8) is 0 Å². The topological polar surface area (TPSA) is 95.9 Å². The van der Waals surface area contributed by atoms with Crippen molar-refractivity contribution in [2.45, 2.75) is 31.3 Å². The van der Waals surface area contributed by atoms with Gasteiger partial charge in [-0.05, 0) is 52.8 Å². The first-order chi connectivity index (χ1) is 17.0. The molecular weight excluding hydrogens is 444 g/mol. The van der Waals surface area contributed by atoms with Gasteiger partial charge in [-0.15, -0.1) is 0 Å². The molecular formula is C28H26N2O5. The third-order valence-corrected chi connectivity index (χ3v) is 6.78. The molecule has 7 heteroatoms. The summed E-state index contributed by atoms with van der Waals surface area (Å²) in [5, 5.41) is 12.1. The predicted octanol–water partition coefficient (Wildman–Crippen LogP) is 4.41. The number of likely N-dealkylation sites (tertiary alicyclic amines) is 1. The molecule has 0 spiro atoms. The lowest BCUT2D eigenvalue weighted by atomic mass is 9.98. The standard InChI is InChI=1S/C28H26N2O5/c31-26(30-15-5-10-25(30)27(32)33)19-13-11-18(12-14-19)16-29-28(34)35-17-24-22-8-3-1-6-20(22)21-7-2-4-9-23(21)24/h1-4,6-9,11-14,24-25H,5,10,15-17H2,(H,29,34)(H,32,33). The largest absolute Gasteiger partial charge is 0.480 e. The minimum absolute atomic E-state index is 0.00124. The van der Waals surface area contributed by atoms with Crippen LogP contribution in [-0.4, -0.2) is 47.2 Å². The molecule has 2 N–H and O–H groups in total. The molecule has 1 fully saturated rings. The molecule has 1 heterocycles. The number of carboxylic acid groups (broad SMARTS) is 1. The molecule has 35 heavy (non-hydrogen) atoms. The second-order valence-corrected chi connectivity index (χ2v) is 8.87. The Morgan fingerprint density at radius 1 is 0.914 bits per heavy atom. The molecule has 3 aromatic rings. The van der Waals surface area contributed by atoms with Gasteiger partial charge in [-0.3, -0.25) is 4.79 Å². The van der Waals surface area contributed by atoms with Crippen molar-refractivity contribution in [2.24, 2.45) is 0 Å². The van der Waals surface area contributed by atoms with E-state index in [1.165, 1.54) is 16.0 Å². The Bertz CT molecular complexity index is 1220. The van der Waals surface area contributed by atoms with Crippen LogP contribution in [0.1, 0.15) is 45.8 Å². The van der Waals surface area contributed by atoms with Gasteiger partial charge >= 0.3 is 12.1 Å². The lowest BCUT2D eigenvalue weighted by Crippen LogP contribution is -2.40. The molecule has 1 aliphatic carbocycles. The van der Waals surface area contributed by atoms with Crippen LogP contribution in [0.15, 0.2) is 72.8 Å². The molecule has 5 rings (SSSR count). The molecule has 178 valence electrons. The maximum Gasteiger partial charge on any atom is 0.407 e. The van der Waals surface area contributed by atoms with E-state index >= 15 is 0 Å². The van der Waals surface area contributed by atoms with Gasteiger partial charge in [0.2, 0.25) is 0 Å². The molecule has 0 aromatic heterocycles. The Kier molecular flexibility index (Phi) is 6.23. The summed E-state index contributed by atoms with van der Waals surface area (Å²) in [4.78, 5) is 37.9. The molecule has 3 aromatic carbocycles. The average Bonchev–Trinajstić information content (AvgIpc) is 3.50. The maximum atomic E-state index is 12.7. The number of hydrogen-bond donors (Lipinski definition) is 2. The summed E-state index contributed by atoms with van der Waals surface area (Å²) < 4.78 is 5.56. The average molecular weight is 471 g/mol. The van der Waals surface area contributed by atoms with Gasteiger partial charge in [0.1, 0.15) is 12.6 Å². The molecule has 0 saturated carbocycles. The van der Waals surface area contributed by atoms with Gasteiger partial charge in [-0.1, -0.05) is 60.7 Å². The fourth-order valence-electron chi connectivity index (χ4n) is 5.02. The minimum Gasteiger partial charge on any atom is -0.480 e. The van der Waals surface area contributed by atoms with Gasteiger partial charge in [0.15, 0.2) is 0 Å². The second-order valence-electron chi connectivity index (χ2n) is 8.87. The zero-order valence-corrected chi connectivity index (χ0v) is 19.1. The number of aliphatic carboxylic acids is 1. The van der Waals surface area contributed by atoms with Crippen LogP contribution < -0.4 is 5.32 Å². The van der Waals surface area contributed by atoms with Crippen LogP contribution in [0.25, 0.3) is 11.1 Å². The highest BCUT2D eigenvalue weighted by Gasteiger charge is 2.34. The quantitative estimate of drug-likeness (QED) is 0.556. The van der Waals surface area contributed by atoms with Crippen molar-refractivity contribution >= 4 is 18.0 Å². The lowest BCUT2D eigenvalue weighted by molar-refractivity contribution is -0.141. The summed E-state index contributed by atoms with van der Waals surface area (Å²) in [6.45, 7) is 0.946. The Balaban J connectivity index is 1.16. The first-order valence-corrected chi connectivity index (χ1v) is 11.7. The summed E-state index contributed by atoms with van der Waals surface area (Å²) in [6.07, 6.45) is 0.655. The highest BCUT2D eigenvalue weighted by Crippen LogP contribution is 2.44. The van der Waals surface area contributed by atoms with Crippen LogP contribution in [0.4, 0.5) is 4.79 Å². The van der Waals surface area contributed by atoms with E-state index in [-0.39, 0.29) is 25.0 Å². The number of benzene rings is 3. The van der Waals surface area contributed by atoms with Crippen molar-refractivity contribution in [1.29, 1.82) is 0 Å². The van der Waals surface area contributed by atoms with Crippen molar-refractivity contribution in [1.82, 2.24) is 10.2 Å². The number of nitrogens with zero attached hydrogens (tertiary/aromatic N) is 1. The van der Waals surface area contributed by atoms with Gasteiger partial charge in [0, 0.05) is 24.6 Å². The van der Waals surface area contributed by atoms with Crippen molar-refractivity contribution in [2.75, 3.05) is 13.2 Å². The molecule has 1 atom stereocenters. The molecule has 2 amide bonds. The summed E-state index contributed by atoms with van der Waals surface area (Å²) in [6, 6.07) is 22.4. The summed E-state index contributed by atoms with van der Waals surface area (Å²) in [5.74, 6) is -1.26. The lowest BCUT2D eigenvalue weighted by Gasteiger charge is -2.21. The number of rotatable bonds is 6.